The lowest BCUT2D eigenvalue weighted by molar-refractivity contribution is 0.0686. The van der Waals surface area contributed by atoms with E-state index in [0.717, 1.165) is 0 Å². The van der Waals surface area contributed by atoms with Crippen LogP contribution in [-0.2, 0) is 4.74 Å². The van der Waals surface area contributed by atoms with Gasteiger partial charge in [-0.15, -0.1) is 0 Å². The number of aromatic carboxylic acids is 2. The normalized spacial score (nSPS) is 9.32. The Morgan fingerprint density at radius 2 is 1.28 bits per heavy atom. The zero-order chi connectivity index (χ0) is 18.7. The number of aliphatic hydroxyl groups excluding tert-OH is 1. The third kappa shape index (κ3) is 7.19. The van der Waals surface area contributed by atoms with Crippen LogP contribution in [0.25, 0.3) is 0 Å². The van der Waals surface area contributed by atoms with Gasteiger partial charge in [0.25, 0.3) is 0 Å². The van der Waals surface area contributed by atoms with Crippen LogP contribution in [0.5, 0.6) is 11.5 Å². The maximum atomic E-state index is 10.7. The Labute approximate surface area is 144 Å². The number of carboxylic acids is 2. The first-order chi connectivity index (χ1) is 12.0. The largest absolute Gasteiger partial charge is 0.499 e. The third-order valence-electron chi connectivity index (χ3n) is 2.77. The average molecular weight is 346 g/mol. The molecular weight excluding hydrogens is 328 g/mol. The fraction of sp³-hybridized carbons (Fsp3) is 0.111. The fourth-order valence-corrected chi connectivity index (χ4v) is 1.60. The van der Waals surface area contributed by atoms with Gasteiger partial charge in [0.05, 0.1) is 24.0 Å². The van der Waals surface area contributed by atoms with E-state index in [0.29, 0.717) is 18.1 Å². The van der Waals surface area contributed by atoms with Gasteiger partial charge in [-0.25, -0.2) is 9.59 Å². The minimum atomic E-state index is -1.00. The van der Waals surface area contributed by atoms with Crippen LogP contribution in [0.3, 0.4) is 0 Å². The Balaban J connectivity index is 0.000000450. The summed E-state index contributed by atoms with van der Waals surface area (Å²) in [4.78, 5) is 21.4. The molecule has 0 aliphatic carbocycles. The Bertz CT molecular complexity index is 635. The highest BCUT2D eigenvalue weighted by atomic mass is 16.5. The van der Waals surface area contributed by atoms with E-state index in [4.69, 9.17) is 20.1 Å². The van der Waals surface area contributed by atoms with E-state index in [1.807, 2.05) is 0 Å². The van der Waals surface area contributed by atoms with Crippen molar-refractivity contribution < 1.29 is 34.4 Å². The number of carbonyl (C=O) groups is 2. The van der Waals surface area contributed by atoms with Gasteiger partial charge in [-0.1, -0.05) is 6.58 Å². The van der Waals surface area contributed by atoms with Gasteiger partial charge in [-0.05, 0) is 48.5 Å². The lowest BCUT2D eigenvalue weighted by Crippen LogP contribution is -1.96. The molecule has 0 fully saturated rings. The predicted octanol–water partition coefficient (Wildman–Crippen LogP) is 3.01. The van der Waals surface area contributed by atoms with Crippen molar-refractivity contribution in [3.8, 4) is 11.5 Å². The van der Waals surface area contributed by atoms with E-state index in [1.165, 1.54) is 54.8 Å². The molecule has 0 bridgehead atoms. The van der Waals surface area contributed by atoms with Gasteiger partial charge in [-0.2, -0.15) is 0 Å². The smallest absolute Gasteiger partial charge is 0.335 e. The predicted molar refractivity (Wildman–Crippen MR) is 90.1 cm³/mol. The molecule has 3 N–H and O–H groups in total. The molecule has 0 spiro atoms. The van der Waals surface area contributed by atoms with Crippen LogP contribution < -0.4 is 4.74 Å². The molecule has 132 valence electrons. The van der Waals surface area contributed by atoms with E-state index >= 15 is 0 Å². The molecule has 0 radical (unpaired) electrons. The number of carboxylic acid groups (broad SMARTS) is 2. The van der Waals surface area contributed by atoms with Crippen LogP contribution >= 0.6 is 0 Å². The maximum Gasteiger partial charge on any atom is 0.335 e. The lowest BCUT2D eigenvalue weighted by atomic mass is 10.2. The highest BCUT2D eigenvalue weighted by Gasteiger charge is 2.04. The standard InChI is InChI=1S/C14H10O5.C4H8O2/c15-13(16)9-1-5-11(6-2-9)19-12-7-3-10(4-8-12)14(17)18;1-2-6-4-3-5/h1-8H,(H,15,16)(H,17,18);2,5H,1,3-4H2. The van der Waals surface area contributed by atoms with Crippen molar-refractivity contribution >= 4 is 11.9 Å². The quantitative estimate of drug-likeness (QED) is 0.521. The molecule has 0 aliphatic heterocycles. The first kappa shape index (κ1) is 19.7. The summed E-state index contributed by atoms with van der Waals surface area (Å²) in [5.41, 5.74) is 0.349. The molecule has 0 amide bonds. The number of rotatable bonds is 7. The third-order valence-corrected chi connectivity index (χ3v) is 2.77. The van der Waals surface area contributed by atoms with E-state index in [2.05, 4.69) is 11.3 Å². The molecule has 25 heavy (non-hydrogen) atoms. The van der Waals surface area contributed by atoms with E-state index < -0.39 is 11.9 Å². The fourth-order valence-electron chi connectivity index (χ4n) is 1.60. The van der Waals surface area contributed by atoms with Crippen LogP contribution in [0.4, 0.5) is 0 Å². The summed E-state index contributed by atoms with van der Waals surface area (Å²) >= 11 is 0. The SMILES string of the molecule is C=COCCO.O=C(O)c1ccc(Oc2ccc(C(=O)O)cc2)cc1. The molecule has 0 saturated heterocycles. The first-order valence-electron chi connectivity index (χ1n) is 7.16. The molecular formula is C18H18O7. The zero-order valence-electron chi connectivity index (χ0n) is 13.3. The van der Waals surface area contributed by atoms with Gasteiger partial charge in [-0.3, -0.25) is 0 Å². The number of benzene rings is 2. The van der Waals surface area contributed by atoms with Crippen molar-refractivity contribution in [3.05, 3.63) is 72.5 Å². The molecule has 7 nitrogen and oxygen atoms in total. The van der Waals surface area contributed by atoms with Crippen LogP contribution in [0, 0.1) is 0 Å². The van der Waals surface area contributed by atoms with Gasteiger partial charge >= 0.3 is 11.9 Å². The molecule has 0 unspecified atom stereocenters. The number of hydrogen-bond acceptors (Lipinski definition) is 5. The van der Waals surface area contributed by atoms with E-state index in [1.54, 1.807) is 0 Å². The van der Waals surface area contributed by atoms with Gasteiger partial charge < -0.3 is 24.8 Å². The van der Waals surface area contributed by atoms with Crippen LogP contribution in [-0.4, -0.2) is 40.5 Å². The Hall–Kier alpha value is -3.32. The van der Waals surface area contributed by atoms with Crippen LogP contribution in [0.15, 0.2) is 61.4 Å². The molecule has 0 saturated carbocycles. The second-order valence-electron chi connectivity index (χ2n) is 4.52. The van der Waals surface area contributed by atoms with Gasteiger partial charge in [0.15, 0.2) is 0 Å². The van der Waals surface area contributed by atoms with Crippen molar-refractivity contribution in [2.75, 3.05) is 13.2 Å². The second kappa shape index (κ2) is 10.5. The minimum Gasteiger partial charge on any atom is -0.499 e. The van der Waals surface area contributed by atoms with Crippen LogP contribution in [0.1, 0.15) is 20.7 Å². The van der Waals surface area contributed by atoms with Gasteiger partial charge in [0, 0.05) is 0 Å². The Morgan fingerprint density at radius 1 is 0.880 bits per heavy atom. The maximum absolute atomic E-state index is 10.7. The van der Waals surface area contributed by atoms with Crippen molar-refractivity contribution in [3.63, 3.8) is 0 Å². The number of ether oxygens (including phenoxy) is 2. The van der Waals surface area contributed by atoms with E-state index in [-0.39, 0.29) is 17.7 Å². The number of hydrogen-bond donors (Lipinski definition) is 3. The summed E-state index contributed by atoms with van der Waals surface area (Å²) in [5, 5.41) is 25.5. The first-order valence-corrected chi connectivity index (χ1v) is 7.16. The second-order valence-corrected chi connectivity index (χ2v) is 4.52. The summed E-state index contributed by atoms with van der Waals surface area (Å²) in [6, 6.07) is 11.9. The summed E-state index contributed by atoms with van der Waals surface area (Å²) in [6.45, 7) is 3.68. The van der Waals surface area contributed by atoms with Crippen molar-refractivity contribution in [2.24, 2.45) is 0 Å². The van der Waals surface area contributed by atoms with Crippen molar-refractivity contribution in [1.82, 2.24) is 0 Å². The average Bonchev–Trinajstić information content (AvgIpc) is 2.61. The monoisotopic (exact) mass is 346 g/mol. The summed E-state index contributed by atoms with van der Waals surface area (Å²) in [6.07, 6.45) is 1.30. The summed E-state index contributed by atoms with van der Waals surface area (Å²) in [5.74, 6) is -1.05. The highest BCUT2D eigenvalue weighted by molar-refractivity contribution is 5.88. The summed E-state index contributed by atoms with van der Waals surface area (Å²) in [7, 11) is 0. The molecule has 0 aliphatic rings. The molecule has 2 rings (SSSR count). The van der Waals surface area contributed by atoms with Crippen molar-refractivity contribution in [2.45, 2.75) is 0 Å². The molecule has 2 aromatic carbocycles. The highest BCUT2D eigenvalue weighted by Crippen LogP contribution is 2.22. The van der Waals surface area contributed by atoms with Crippen molar-refractivity contribution in [1.29, 1.82) is 0 Å². The molecule has 7 heteroatoms. The van der Waals surface area contributed by atoms with Gasteiger partial charge in [0.2, 0.25) is 0 Å². The minimum absolute atomic E-state index is 0.0615. The molecule has 2 aromatic rings. The zero-order valence-corrected chi connectivity index (χ0v) is 13.3. The van der Waals surface area contributed by atoms with E-state index in [9.17, 15) is 9.59 Å². The summed E-state index contributed by atoms with van der Waals surface area (Å²) < 4.78 is 9.96. The Kier molecular flexibility index (Phi) is 8.25. The molecule has 0 atom stereocenters. The number of aliphatic hydroxyl groups is 1. The molecule has 0 aromatic heterocycles. The van der Waals surface area contributed by atoms with Gasteiger partial charge in [0.1, 0.15) is 18.1 Å². The molecule has 0 heterocycles. The van der Waals surface area contributed by atoms with Crippen LogP contribution in [0.2, 0.25) is 0 Å². The topological polar surface area (TPSA) is 113 Å². The Morgan fingerprint density at radius 3 is 1.52 bits per heavy atom. The lowest BCUT2D eigenvalue weighted by Gasteiger charge is -2.06.